The molecule has 0 heterocycles. The van der Waals surface area contributed by atoms with E-state index >= 15 is 0 Å². The molecular weight excluding hydrogens is 346 g/mol. The van der Waals surface area contributed by atoms with Gasteiger partial charge >= 0.3 is 45.9 Å². The quantitative estimate of drug-likeness (QED) is 0.336. The Bertz CT molecular complexity index is 413. The van der Waals surface area contributed by atoms with Crippen molar-refractivity contribution >= 4 is 30.8 Å². The number of methoxy groups -OCH3 is 1. The van der Waals surface area contributed by atoms with Gasteiger partial charge in [0.1, 0.15) is 5.75 Å². The van der Waals surface area contributed by atoms with Gasteiger partial charge in [-0.2, -0.15) is 0 Å². The first-order valence-corrected chi connectivity index (χ1v) is 11.7. The van der Waals surface area contributed by atoms with E-state index in [0.717, 1.165) is 0 Å². The average molecular weight is 352 g/mol. The SMILES string of the molecule is COc1ccc([N+]#N)c([N+](=O)[O-])c1.[Cl-].[Cl][Zn][Cl]. The molecule has 0 spiro atoms. The van der Waals surface area contributed by atoms with Crippen molar-refractivity contribution in [2.24, 2.45) is 0 Å². The van der Waals surface area contributed by atoms with Crippen molar-refractivity contribution in [2.75, 3.05) is 7.11 Å². The van der Waals surface area contributed by atoms with Gasteiger partial charge in [0.15, 0.2) is 4.98 Å². The molecule has 1 rings (SSSR count). The van der Waals surface area contributed by atoms with Gasteiger partial charge in [-0.05, 0) is 6.07 Å². The number of benzene rings is 1. The van der Waals surface area contributed by atoms with Crippen LogP contribution in [0.25, 0.3) is 4.98 Å². The van der Waals surface area contributed by atoms with Crippen LogP contribution in [-0.4, -0.2) is 12.0 Å². The van der Waals surface area contributed by atoms with Gasteiger partial charge in [0, 0.05) is 6.07 Å². The zero-order chi connectivity index (χ0) is 12.6. The van der Waals surface area contributed by atoms with Gasteiger partial charge in [-0.1, -0.05) is 0 Å². The Morgan fingerprint density at radius 2 is 2.06 bits per heavy atom. The Kier molecular flexibility index (Phi) is 11.5. The molecule has 0 aliphatic carbocycles. The van der Waals surface area contributed by atoms with E-state index in [1.807, 2.05) is 0 Å². The first-order chi connectivity index (χ1) is 7.60. The standard InChI is InChI=1S/C7H6N3O3.3ClH.Zn/c1-13-5-2-3-6(9-8)7(4-5)10(11)12;;;;/h2-4H,1H3;3*1H;/q+1;;;;+2/p-3. The number of nitrogens with zero attached hydrogens (tertiary/aromatic N) is 3. The second kappa shape index (κ2) is 10.5. The molecule has 0 fully saturated rings. The molecule has 0 amide bonds. The minimum atomic E-state index is -0.931. The predicted octanol–water partition coefficient (Wildman–Crippen LogP) is 0.468. The van der Waals surface area contributed by atoms with E-state index < -0.39 is 20.1 Å². The molecule has 1 aromatic carbocycles. The van der Waals surface area contributed by atoms with Gasteiger partial charge < -0.3 is 17.1 Å². The summed E-state index contributed by atoms with van der Waals surface area (Å²) in [6, 6.07) is 3.97. The Morgan fingerprint density at radius 3 is 2.41 bits per heavy atom. The van der Waals surface area contributed by atoms with Crippen LogP contribution in [0.5, 0.6) is 5.75 Å². The summed E-state index contributed by atoms with van der Waals surface area (Å²) < 4.78 is 4.78. The fourth-order valence-corrected chi connectivity index (χ4v) is 0.861. The van der Waals surface area contributed by atoms with Crippen LogP contribution in [0.15, 0.2) is 18.2 Å². The summed E-state index contributed by atoms with van der Waals surface area (Å²) >= 11 is -0.931. The molecule has 0 unspecified atom stereocenters. The Balaban J connectivity index is 0. The average Bonchev–Trinajstić information content (AvgIpc) is 2.29. The fourth-order valence-electron chi connectivity index (χ4n) is 0.861. The van der Waals surface area contributed by atoms with E-state index in [1.54, 1.807) is 0 Å². The number of diazo groups is 1. The fraction of sp³-hybridized carbons (Fsp3) is 0.143. The normalized spacial score (nSPS) is 7.41. The maximum absolute atomic E-state index is 10.4. The van der Waals surface area contributed by atoms with Crippen LogP contribution in [0.3, 0.4) is 0 Å². The first kappa shape index (κ1) is 18.7. The molecule has 0 saturated heterocycles. The van der Waals surface area contributed by atoms with Gasteiger partial charge in [0.25, 0.3) is 0 Å². The van der Waals surface area contributed by atoms with E-state index in [1.165, 1.54) is 25.3 Å². The van der Waals surface area contributed by atoms with Crippen LogP contribution < -0.4 is 17.1 Å². The Morgan fingerprint density at radius 1 is 1.53 bits per heavy atom. The number of hydrogen-bond acceptors (Lipinski definition) is 4. The van der Waals surface area contributed by atoms with Crippen LogP contribution in [-0.2, 0) is 15.1 Å². The zero-order valence-corrected chi connectivity index (χ0v) is 13.9. The van der Waals surface area contributed by atoms with Crippen molar-refractivity contribution in [1.82, 2.24) is 0 Å². The molecule has 10 heteroatoms. The monoisotopic (exact) mass is 349 g/mol. The van der Waals surface area contributed by atoms with E-state index in [2.05, 4.69) is 4.98 Å². The number of nitro groups is 1. The zero-order valence-electron chi connectivity index (χ0n) is 8.64. The van der Waals surface area contributed by atoms with Gasteiger partial charge in [0.2, 0.25) is 5.39 Å². The van der Waals surface area contributed by atoms with Crippen LogP contribution in [0, 0.1) is 15.5 Å². The Hall–Kier alpha value is -0.667. The summed E-state index contributed by atoms with van der Waals surface area (Å²) in [5.74, 6) is 0.346. The molecule has 0 radical (unpaired) electrons. The molecule has 0 aliphatic rings. The third-order valence-corrected chi connectivity index (χ3v) is 1.49. The van der Waals surface area contributed by atoms with Crippen LogP contribution >= 0.6 is 19.4 Å². The van der Waals surface area contributed by atoms with E-state index in [4.69, 9.17) is 29.5 Å². The molecule has 0 N–H and O–H groups in total. The van der Waals surface area contributed by atoms with E-state index in [0.29, 0.717) is 5.75 Å². The third-order valence-electron chi connectivity index (χ3n) is 1.49. The van der Waals surface area contributed by atoms with Gasteiger partial charge in [-0.3, -0.25) is 10.1 Å². The molecule has 0 aromatic heterocycles. The second-order valence-corrected chi connectivity index (χ2v) is 6.94. The van der Waals surface area contributed by atoms with Crippen molar-refractivity contribution in [2.45, 2.75) is 0 Å². The topological polar surface area (TPSA) is 80.5 Å². The summed E-state index contributed by atoms with van der Waals surface area (Å²) in [5.41, 5.74) is -0.382. The van der Waals surface area contributed by atoms with Crippen molar-refractivity contribution in [3.05, 3.63) is 33.3 Å². The number of rotatable bonds is 2. The van der Waals surface area contributed by atoms with Crippen LogP contribution in [0.1, 0.15) is 0 Å². The van der Waals surface area contributed by atoms with Crippen molar-refractivity contribution < 1.29 is 37.2 Å². The predicted molar refractivity (Wildman–Crippen MR) is 56.1 cm³/mol. The molecule has 17 heavy (non-hydrogen) atoms. The maximum atomic E-state index is 10.4. The summed E-state index contributed by atoms with van der Waals surface area (Å²) in [6.07, 6.45) is 0. The molecule has 90 valence electrons. The number of ether oxygens (including phenoxy) is 1. The van der Waals surface area contributed by atoms with Crippen molar-refractivity contribution in [3.63, 3.8) is 0 Å². The van der Waals surface area contributed by atoms with E-state index in [9.17, 15) is 10.1 Å². The minimum absolute atomic E-state index is 0. The molecule has 0 saturated carbocycles. The molecule has 0 atom stereocenters. The van der Waals surface area contributed by atoms with Crippen LogP contribution in [0.2, 0.25) is 0 Å². The summed E-state index contributed by atoms with van der Waals surface area (Å²) in [5, 5.41) is 18.8. The molecule has 1 aromatic rings. The number of halogens is 3. The van der Waals surface area contributed by atoms with Gasteiger partial charge in [-0.25, -0.2) is 0 Å². The third kappa shape index (κ3) is 6.59. The molecule has 0 aliphatic heterocycles. The summed E-state index contributed by atoms with van der Waals surface area (Å²) in [4.78, 5) is 12.6. The van der Waals surface area contributed by atoms with Gasteiger partial charge in [-0.15, -0.1) is 0 Å². The second-order valence-electron chi connectivity index (χ2n) is 2.31. The van der Waals surface area contributed by atoms with Gasteiger partial charge in [0.05, 0.1) is 18.1 Å². The first-order valence-electron chi connectivity index (χ1n) is 3.90. The van der Waals surface area contributed by atoms with Crippen LogP contribution in [0.4, 0.5) is 11.4 Å². The number of hydrogen-bond donors (Lipinski definition) is 0. The molecular formula is C7H6Cl3N3O3Zn. The number of nitro benzene ring substituents is 1. The van der Waals surface area contributed by atoms with E-state index in [-0.39, 0.29) is 23.8 Å². The van der Waals surface area contributed by atoms with Crippen molar-refractivity contribution in [1.29, 1.82) is 5.39 Å². The van der Waals surface area contributed by atoms with Crippen molar-refractivity contribution in [3.8, 4) is 5.75 Å². The summed E-state index contributed by atoms with van der Waals surface area (Å²) in [7, 11) is 11.3. The Labute approximate surface area is 119 Å². The molecule has 6 nitrogen and oxygen atoms in total. The summed E-state index contributed by atoms with van der Waals surface area (Å²) in [6.45, 7) is 0. The molecule has 0 bridgehead atoms.